The average molecular weight is 439 g/mol. The van der Waals surface area contributed by atoms with Crippen LogP contribution in [0.1, 0.15) is 39.4 Å². The van der Waals surface area contributed by atoms with Crippen LogP contribution in [0.2, 0.25) is 0 Å². The van der Waals surface area contributed by atoms with E-state index in [-0.39, 0.29) is 17.9 Å². The first-order chi connectivity index (χ1) is 13.5. The third-order valence-corrected chi connectivity index (χ3v) is 5.48. The van der Waals surface area contributed by atoms with Gasteiger partial charge in [-0.1, -0.05) is 15.9 Å². The molecule has 4 rings (SSSR count). The van der Waals surface area contributed by atoms with Crippen molar-refractivity contribution >= 4 is 39.1 Å². The molecule has 1 aromatic carbocycles. The molecule has 0 bridgehead atoms. The fraction of sp³-hybridized carbons (Fsp3) is 0.190. The first kappa shape index (κ1) is 18.4. The van der Waals surface area contributed by atoms with Crippen LogP contribution in [0.25, 0.3) is 0 Å². The Kier molecular flexibility index (Phi) is 4.77. The highest BCUT2D eigenvalue weighted by Gasteiger charge is 2.34. The van der Waals surface area contributed by atoms with E-state index >= 15 is 0 Å². The van der Waals surface area contributed by atoms with Crippen LogP contribution in [-0.4, -0.2) is 27.9 Å². The molecule has 3 heterocycles. The highest BCUT2D eigenvalue weighted by molar-refractivity contribution is 9.10. The number of rotatable bonds is 3. The van der Waals surface area contributed by atoms with E-state index in [9.17, 15) is 9.59 Å². The van der Waals surface area contributed by atoms with Gasteiger partial charge >= 0.3 is 0 Å². The normalized spacial score (nSPS) is 16.0. The Morgan fingerprint density at radius 3 is 2.68 bits per heavy atom. The van der Waals surface area contributed by atoms with Crippen molar-refractivity contribution in [1.29, 1.82) is 0 Å². The van der Waals surface area contributed by atoms with Crippen molar-refractivity contribution < 1.29 is 9.59 Å². The maximum atomic E-state index is 13.3. The van der Waals surface area contributed by atoms with E-state index in [4.69, 9.17) is 0 Å². The van der Waals surface area contributed by atoms with E-state index in [2.05, 4.69) is 26.2 Å². The number of aromatic nitrogens is 2. The first-order valence-corrected chi connectivity index (χ1v) is 9.75. The Balaban J connectivity index is 1.69. The van der Waals surface area contributed by atoms with E-state index in [1.807, 2.05) is 54.9 Å². The summed E-state index contributed by atoms with van der Waals surface area (Å²) >= 11 is 3.42. The van der Waals surface area contributed by atoms with Crippen molar-refractivity contribution in [3.63, 3.8) is 0 Å². The van der Waals surface area contributed by atoms with Gasteiger partial charge < -0.3 is 14.8 Å². The number of carbonyl (C=O) groups excluding carboxylic acids is 2. The number of carbonyl (C=O) groups is 2. The third kappa shape index (κ3) is 3.22. The van der Waals surface area contributed by atoms with Crippen LogP contribution in [-0.2, 0) is 0 Å². The zero-order valence-corrected chi connectivity index (χ0v) is 17.1. The van der Waals surface area contributed by atoms with Crippen LogP contribution in [0.4, 0.5) is 11.4 Å². The molecular weight excluding hydrogens is 420 g/mol. The molecule has 0 spiro atoms. The largest absolute Gasteiger partial charge is 0.338 e. The van der Waals surface area contributed by atoms with E-state index < -0.39 is 0 Å². The number of hydrogen-bond donors (Lipinski definition) is 1. The molecule has 0 saturated heterocycles. The summed E-state index contributed by atoms with van der Waals surface area (Å²) in [6.45, 7) is 4.48. The molecule has 1 atom stereocenters. The molecular formula is C21H19BrN4O2. The molecule has 2 aromatic heterocycles. The van der Waals surface area contributed by atoms with Gasteiger partial charge in [0.15, 0.2) is 0 Å². The van der Waals surface area contributed by atoms with Crippen LogP contribution in [0.5, 0.6) is 0 Å². The van der Waals surface area contributed by atoms with Gasteiger partial charge in [-0.3, -0.25) is 14.6 Å². The molecule has 0 unspecified atom stereocenters. The number of amides is 2. The van der Waals surface area contributed by atoms with Gasteiger partial charge in [-0.2, -0.15) is 0 Å². The summed E-state index contributed by atoms with van der Waals surface area (Å²) < 4.78 is 2.83. The second-order valence-corrected chi connectivity index (χ2v) is 7.79. The standard InChI is InChI=1S/C21H19BrN4O2/c1-13-7-9-23-11-18(13)24-20(27)17-8-10-25-14(2)12-26(21(28)19(17)25)16-5-3-15(22)4-6-16/h3-11,14H,12H2,1-2H3,(H,24,27)/t14-/m0/s1. The topological polar surface area (TPSA) is 67.2 Å². The van der Waals surface area contributed by atoms with Gasteiger partial charge in [-0.15, -0.1) is 0 Å². The summed E-state index contributed by atoms with van der Waals surface area (Å²) in [5.74, 6) is -0.499. The monoisotopic (exact) mass is 438 g/mol. The maximum Gasteiger partial charge on any atom is 0.275 e. The van der Waals surface area contributed by atoms with E-state index in [1.54, 1.807) is 23.4 Å². The maximum absolute atomic E-state index is 13.3. The summed E-state index contributed by atoms with van der Waals surface area (Å²) in [5.41, 5.74) is 3.12. The third-order valence-electron chi connectivity index (χ3n) is 4.95. The molecule has 3 aromatic rings. The summed E-state index contributed by atoms with van der Waals surface area (Å²) in [4.78, 5) is 31.9. The molecule has 1 aliphatic heterocycles. The number of hydrogen-bond acceptors (Lipinski definition) is 3. The van der Waals surface area contributed by atoms with Gasteiger partial charge in [0.05, 0.1) is 17.4 Å². The van der Waals surface area contributed by atoms with Crippen LogP contribution < -0.4 is 10.2 Å². The van der Waals surface area contributed by atoms with Crippen molar-refractivity contribution in [3.8, 4) is 0 Å². The van der Waals surface area contributed by atoms with Crippen molar-refractivity contribution in [2.24, 2.45) is 0 Å². The van der Waals surface area contributed by atoms with Gasteiger partial charge in [-0.05, 0) is 55.8 Å². The van der Waals surface area contributed by atoms with Crippen LogP contribution in [0, 0.1) is 6.92 Å². The number of aryl methyl sites for hydroxylation is 1. The number of pyridine rings is 1. The fourth-order valence-corrected chi connectivity index (χ4v) is 3.68. The zero-order chi connectivity index (χ0) is 19.8. The summed E-state index contributed by atoms with van der Waals surface area (Å²) in [6, 6.07) is 11.2. The molecule has 2 amide bonds. The number of nitrogens with zero attached hydrogens (tertiary/aromatic N) is 3. The number of benzene rings is 1. The number of fused-ring (bicyclic) bond motifs is 1. The Bertz CT molecular complexity index is 1060. The first-order valence-electron chi connectivity index (χ1n) is 8.96. The van der Waals surface area contributed by atoms with Crippen LogP contribution in [0.3, 0.4) is 0 Å². The second kappa shape index (κ2) is 7.24. The number of halogens is 1. The number of nitrogens with one attached hydrogen (secondary N) is 1. The predicted molar refractivity (Wildman–Crippen MR) is 112 cm³/mol. The molecule has 0 fully saturated rings. The summed E-state index contributed by atoms with van der Waals surface area (Å²) in [5, 5.41) is 2.87. The minimum atomic E-state index is -0.317. The van der Waals surface area contributed by atoms with E-state index in [0.29, 0.717) is 23.5 Å². The Labute approximate surface area is 171 Å². The lowest BCUT2D eigenvalue weighted by atomic mass is 10.1. The molecule has 6 nitrogen and oxygen atoms in total. The van der Waals surface area contributed by atoms with Crippen molar-refractivity contribution in [3.05, 3.63) is 76.3 Å². The van der Waals surface area contributed by atoms with Gasteiger partial charge in [0.2, 0.25) is 0 Å². The SMILES string of the molecule is Cc1ccncc1NC(=O)c1ccn2c1C(=O)N(c1ccc(Br)cc1)C[C@@H]2C. The Morgan fingerprint density at radius 2 is 1.96 bits per heavy atom. The van der Waals surface area contributed by atoms with Gasteiger partial charge in [-0.25, -0.2) is 0 Å². The van der Waals surface area contributed by atoms with Crippen molar-refractivity contribution in [1.82, 2.24) is 9.55 Å². The zero-order valence-electron chi connectivity index (χ0n) is 15.5. The summed E-state index contributed by atoms with van der Waals surface area (Å²) in [7, 11) is 0. The van der Waals surface area contributed by atoms with Crippen molar-refractivity contribution in [2.45, 2.75) is 19.9 Å². The van der Waals surface area contributed by atoms with Gasteiger partial charge in [0.25, 0.3) is 11.8 Å². The highest BCUT2D eigenvalue weighted by Crippen LogP contribution is 2.30. The molecule has 1 N–H and O–H groups in total. The van der Waals surface area contributed by atoms with Gasteiger partial charge in [0.1, 0.15) is 5.69 Å². The molecule has 7 heteroatoms. The van der Waals surface area contributed by atoms with E-state index in [1.165, 1.54) is 0 Å². The highest BCUT2D eigenvalue weighted by atomic mass is 79.9. The predicted octanol–water partition coefficient (Wildman–Crippen LogP) is 4.43. The quantitative estimate of drug-likeness (QED) is 0.657. The van der Waals surface area contributed by atoms with Gasteiger partial charge in [0, 0.05) is 35.1 Å². The molecule has 0 aliphatic carbocycles. The van der Waals surface area contributed by atoms with E-state index in [0.717, 1.165) is 15.7 Å². The fourth-order valence-electron chi connectivity index (χ4n) is 3.41. The van der Waals surface area contributed by atoms with Crippen LogP contribution in [0.15, 0.2) is 59.5 Å². The number of anilines is 2. The summed E-state index contributed by atoms with van der Waals surface area (Å²) in [6.07, 6.45) is 5.09. The van der Waals surface area contributed by atoms with Crippen molar-refractivity contribution in [2.75, 3.05) is 16.8 Å². The smallest absolute Gasteiger partial charge is 0.275 e. The molecule has 1 aliphatic rings. The lowest BCUT2D eigenvalue weighted by Gasteiger charge is -2.33. The van der Waals surface area contributed by atoms with Crippen LogP contribution >= 0.6 is 15.9 Å². The minimum absolute atomic E-state index is 0.0537. The lowest BCUT2D eigenvalue weighted by Crippen LogP contribution is -2.43. The Morgan fingerprint density at radius 1 is 1.21 bits per heavy atom. The second-order valence-electron chi connectivity index (χ2n) is 6.87. The average Bonchev–Trinajstić information content (AvgIpc) is 3.13. The molecule has 28 heavy (non-hydrogen) atoms. The molecule has 0 radical (unpaired) electrons. The Hall–Kier alpha value is -2.93. The molecule has 142 valence electrons. The minimum Gasteiger partial charge on any atom is -0.338 e. The molecule has 0 saturated carbocycles. The lowest BCUT2D eigenvalue weighted by molar-refractivity contribution is 0.0942.